The van der Waals surface area contributed by atoms with Gasteiger partial charge in [-0.1, -0.05) is 6.58 Å². The molecule has 0 aromatic heterocycles. The number of esters is 1. The maximum atomic E-state index is 11.7. The summed E-state index contributed by atoms with van der Waals surface area (Å²) in [5.41, 5.74) is -0.752. The Balaban J connectivity index is 5.12. The van der Waals surface area contributed by atoms with E-state index in [-0.39, 0.29) is 6.61 Å². The molecule has 4 heteroatoms. The minimum Gasteiger partial charge on any atom is -0.497 e. The van der Waals surface area contributed by atoms with Gasteiger partial charge in [0, 0.05) is 0 Å². The van der Waals surface area contributed by atoms with Crippen molar-refractivity contribution in [3.63, 3.8) is 0 Å². The molecule has 0 aromatic rings. The molecule has 0 amide bonds. The smallest absolute Gasteiger partial charge is 0.330 e. The molecule has 0 rings (SSSR count). The molecular weight excluding hydrogens is 206 g/mol. The van der Waals surface area contributed by atoms with Crippen LogP contribution in [0.2, 0.25) is 0 Å². The Labute approximate surface area is 96.2 Å². The Morgan fingerprint density at radius 1 is 1.62 bits per heavy atom. The fourth-order valence-electron chi connectivity index (χ4n) is 1.01. The van der Waals surface area contributed by atoms with Crippen LogP contribution in [0.3, 0.4) is 0 Å². The molecule has 0 heterocycles. The van der Waals surface area contributed by atoms with Crippen LogP contribution in [0.15, 0.2) is 24.0 Å². The standard InChI is InChI=1S/C12H17NO3/c1-6-16-11(14)12(4,8-13)9(2)7-10(3)15-5/h7H,3,6H2,1-2,4-5H3. The quantitative estimate of drug-likeness (QED) is 0.407. The average molecular weight is 223 g/mol. The first-order chi connectivity index (χ1) is 7.42. The highest BCUT2D eigenvalue weighted by molar-refractivity contribution is 5.83. The molecule has 0 radical (unpaired) electrons. The number of nitriles is 1. The normalized spacial score (nSPS) is 14.6. The molecule has 0 saturated heterocycles. The summed E-state index contributed by atoms with van der Waals surface area (Å²) in [5.74, 6) is -0.168. The van der Waals surface area contributed by atoms with Gasteiger partial charge in [-0.15, -0.1) is 0 Å². The minimum absolute atomic E-state index is 0.245. The number of carbonyl (C=O) groups is 1. The van der Waals surface area contributed by atoms with E-state index in [1.807, 2.05) is 6.07 Å². The molecular formula is C12H17NO3. The molecule has 1 unspecified atom stereocenters. The van der Waals surface area contributed by atoms with E-state index in [9.17, 15) is 4.79 Å². The second kappa shape index (κ2) is 5.96. The average Bonchev–Trinajstić information content (AvgIpc) is 2.27. The fraction of sp³-hybridized carbons (Fsp3) is 0.500. The summed E-state index contributed by atoms with van der Waals surface area (Å²) in [5, 5.41) is 9.08. The number of hydrogen-bond acceptors (Lipinski definition) is 4. The third-order valence-corrected chi connectivity index (χ3v) is 2.34. The van der Waals surface area contributed by atoms with Crippen molar-refractivity contribution in [2.45, 2.75) is 20.8 Å². The van der Waals surface area contributed by atoms with Crippen molar-refractivity contribution in [1.82, 2.24) is 0 Å². The first-order valence-corrected chi connectivity index (χ1v) is 4.92. The largest absolute Gasteiger partial charge is 0.497 e. The molecule has 16 heavy (non-hydrogen) atoms. The summed E-state index contributed by atoms with van der Waals surface area (Å²) in [6, 6.07) is 1.95. The third-order valence-electron chi connectivity index (χ3n) is 2.34. The van der Waals surface area contributed by atoms with E-state index in [1.54, 1.807) is 19.9 Å². The highest BCUT2D eigenvalue weighted by Crippen LogP contribution is 2.28. The van der Waals surface area contributed by atoms with Crippen LogP contribution in [0.25, 0.3) is 0 Å². The zero-order valence-electron chi connectivity index (χ0n) is 10.2. The van der Waals surface area contributed by atoms with Crippen molar-refractivity contribution >= 4 is 5.97 Å². The fourth-order valence-corrected chi connectivity index (χ4v) is 1.01. The summed E-state index contributed by atoms with van der Waals surface area (Å²) >= 11 is 0. The number of carbonyl (C=O) groups excluding carboxylic acids is 1. The summed E-state index contributed by atoms with van der Waals surface area (Å²) in [4.78, 5) is 11.7. The summed E-state index contributed by atoms with van der Waals surface area (Å²) in [6.45, 7) is 8.73. The van der Waals surface area contributed by atoms with Gasteiger partial charge in [0.1, 0.15) is 5.76 Å². The molecule has 0 aliphatic rings. The predicted molar refractivity (Wildman–Crippen MR) is 60.3 cm³/mol. The van der Waals surface area contributed by atoms with Gasteiger partial charge in [-0.05, 0) is 32.4 Å². The van der Waals surface area contributed by atoms with Crippen LogP contribution in [-0.4, -0.2) is 19.7 Å². The molecule has 0 aliphatic carbocycles. The lowest BCUT2D eigenvalue weighted by Gasteiger charge is -2.20. The number of nitrogens with zero attached hydrogens (tertiary/aromatic N) is 1. The first kappa shape index (κ1) is 14.2. The Morgan fingerprint density at radius 2 is 2.19 bits per heavy atom. The first-order valence-electron chi connectivity index (χ1n) is 4.92. The van der Waals surface area contributed by atoms with Crippen LogP contribution < -0.4 is 0 Å². The molecule has 4 nitrogen and oxygen atoms in total. The lowest BCUT2D eigenvalue weighted by atomic mass is 9.84. The number of rotatable bonds is 5. The number of allylic oxidation sites excluding steroid dienone is 1. The van der Waals surface area contributed by atoms with Gasteiger partial charge in [0.2, 0.25) is 0 Å². The van der Waals surface area contributed by atoms with Gasteiger partial charge in [0.15, 0.2) is 5.41 Å². The number of methoxy groups -OCH3 is 1. The zero-order chi connectivity index (χ0) is 12.8. The van der Waals surface area contributed by atoms with Gasteiger partial charge >= 0.3 is 5.97 Å². The minimum atomic E-state index is -1.29. The van der Waals surface area contributed by atoms with E-state index < -0.39 is 11.4 Å². The molecule has 0 N–H and O–H groups in total. The van der Waals surface area contributed by atoms with Crippen molar-refractivity contribution in [3.05, 3.63) is 24.0 Å². The lowest BCUT2D eigenvalue weighted by Crippen LogP contribution is -2.29. The van der Waals surface area contributed by atoms with Gasteiger partial charge in [-0.25, -0.2) is 4.79 Å². The Bertz CT molecular complexity index is 352. The van der Waals surface area contributed by atoms with Crippen LogP contribution >= 0.6 is 0 Å². The third kappa shape index (κ3) is 3.13. The van der Waals surface area contributed by atoms with Crippen molar-refractivity contribution < 1.29 is 14.3 Å². The maximum Gasteiger partial charge on any atom is 0.330 e. The topological polar surface area (TPSA) is 59.3 Å². The molecule has 0 fully saturated rings. The van der Waals surface area contributed by atoms with Gasteiger partial charge < -0.3 is 9.47 Å². The van der Waals surface area contributed by atoms with E-state index in [1.165, 1.54) is 14.0 Å². The summed E-state index contributed by atoms with van der Waals surface area (Å²) < 4.78 is 9.73. The summed E-state index contributed by atoms with van der Waals surface area (Å²) in [6.07, 6.45) is 1.56. The van der Waals surface area contributed by atoms with Crippen molar-refractivity contribution in [2.24, 2.45) is 5.41 Å². The molecule has 1 atom stereocenters. The van der Waals surface area contributed by atoms with Gasteiger partial charge in [0.05, 0.1) is 19.8 Å². The second-order valence-corrected chi connectivity index (χ2v) is 3.46. The SMILES string of the molecule is C=C(C=C(C)C(C)(C#N)C(=O)OCC)OC. The molecule has 0 bridgehead atoms. The Hall–Kier alpha value is -1.76. The van der Waals surface area contributed by atoms with E-state index in [0.29, 0.717) is 11.3 Å². The Kier molecular flexibility index (Phi) is 5.31. The zero-order valence-corrected chi connectivity index (χ0v) is 10.2. The van der Waals surface area contributed by atoms with E-state index in [0.717, 1.165) is 0 Å². The van der Waals surface area contributed by atoms with Crippen LogP contribution in [0.1, 0.15) is 20.8 Å². The van der Waals surface area contributed by atoms with Crippen LogP contribution in [0, 0.1) is 16.7 Å². The predicted octanol–water partition coefficient (Wildman–Crippen LogP) is 2.19. The molecule has 0 aliphatic heterocycles. The van der Waals surface area contributed by atoms with Crippen LogP contribution in [0.5, 0.6) is 0 Å². The van der Waals surface area contributed by atoms with Crippen molar-refractivity contribution in [2.75, 3.05) is 13.7 Å². The van der Waals surface area contributed by atoms with Crippen molar-refractivity contribution in [3.8, 4) is 6.07 Å². The van der Waals surface area contributed by atoms with Crippen LogP contribution in [0.4, 0.5) is 0 Å². The molecule has 0 aromatic carbocycles. The lowest BCUT2D eigenvalue weighted by molar-refractivity contribution is -0.149. The van der Waals surface area contributed by atoms with Gasteiger partial charge in [0.25, 0.3) is 0 Å². The van der Waals surface area contributed by atoms with Gasteiger partial charge in [-0.3, -0.25) is 0 Å². The van der Waals surface area contributed by atoms with Gasteiger partial charge in [-0.2, -0.15) is 5.26 Å². The number of hydrogen-bond donors (Lipinski definition) is 0. The highest BCUT2D eigenvalue weighted by Gasteiger charge is 2.37. The monoisotopic (exact) mass is 223 g/mol. The van der Waals surface area contributed by atoms with E-state index in [2.05, 4.69) is 6.58 Å². The maximum absolute atomic E-state index is 11.7. The molecule has 88 valence electrons. The molecule has 0 saturated carbocycles. The van der Waals surface area contributed by atoms with Crippen molar-refractivity contribution in [1.29, 1.82) is 5.26 Å². The van der Waals surface area contributed by atoms with Crippen LogP contribution in [-0.2, 0) is 14.3 Å². The number of ether oxygens (including phenoxy) is 2. The molecule has 0 spiro atoms. The highest BCUT2D eigenvalue weighted by atomic mass is 16.5. The van der Waals surface area contributed by atoms with E-state index >= 15 is 0 Å². The Morgan fingerprint density at radius 3 is 2.56 bits per heavy atom. The van der Waals surface area contributed by atoms with E-state index in [4.69, 9.17) is 14.7 Å². The second-order valence-electron chi connectivity index (χ2n) is 3.46. The summed E-state index contributed by atoms with van der Waals surface area (Å²) in [7, 11) is 1.47.